The molecule has 4 nitrogen and oxygen atoms in total. The van der Waals surface area contributed by atoms with Gasteiger partial charge in [0.05, 0.1) is 17.0 Å². The molecule has 2 aromatic rings. The molecule has 1 aliphatic heterocycles. The molecule has 0 amide bonds. The molecule has 122 valence electrons. The molecule has 0 radical (unpaired) electrons. The third-order valence-electron chi connectivity index (χ3n) is 4.33. The average Bonchev–Trinajstić information content (AvgIpc) is 2.90. The Hall–Kier alpha value is -1.69. The highest BCUT2D eigenvalue weighted by atomic mass is 32.2. The molecule has 1 aliphatic rings. The SMILES string of the molecule is Cc1ccc(S(=O)(=O)N2CC[C@H](O)[C@H]2c2cccc(C)c2)cc1. The zero-order valence-electron chi connectivity index (χ0n) is 13.3. The highest BCUT2D eigenvalue weighted by molar-refractivity contribution is 7.89. The van der Waals surface area contributed by atoms with Crippen LogP contribution >= 0.6 is 0 Å². The normalized spacial score (nSPS) is 22.4. The lowest BCUT2D eigenvalue weighted by molar-refractivity contribution is 0.142. The zero-order chi connectivity index (χ0) is 16.6. The topological polar surface area (TPSA) is 57.6 Å². The van der Waals surface area contributed by atoms with Gasteiger partial charge in [-0.25, -0.2) is 8.42 Å². The maximum atomic E-state index is 13.0. The lowest BCUT2D eigenvalue weighted by Crippen LogP contribution is -2.33. The summed E-state index contributed by atoms with van der Waals surface area (Å²) >= 11 is 0. The Bertz CT molecular complexity index is 799. The van der Waals surface area contributed by atoms with Crippen molar-refractivity contribution in [2.45, 2.75) is 37.3 Å². The van der Waals surface area contributed by atoms with E-state index in [2.05, 4.69) is 0 Å². The Morgan fingerprint density at radius 2 is 1.74 bits per heavy atom. The van der Waals surface area contributed by atoms with Crippen LogP contribution in [0, 0.1) is 13.8 Å². The Morgan fingerprint density at radius 1 is 1.04 bits per heavy atom. The minimum Gasteiger partial charge on any atom is -0.391 e. The second-order valence-electron chi connectivity index (χ2n) is 6.14. The van der Waals surface area contributed by atoms with Crippen LogP contribution in [0.3, 0.4) is 0 Å². The first-order chi connectivity index (χ1) is 10.9. The maximum absolute atomic E-state index is 13.0. The molecule has 1 N–H and O–H groups in total. The van der Waals surface area contributed by atoms with E-state index in [1.165, 1.54) is 4.31 Å². The van der Waals surface area contributed by atoms with Crippen LogP contribution in [0.4, 0.5) is 0 Å². The molecule has 23 heavy (non-hydrogen) atoms. The molecule has 0 unspecified atom stereocenters. The van der Waals surface area contributed by atoms with Crippen molar-refractivity contribution in [3.63, 3.8) is 0 Å². The van der Waals surface area contributed by atoms with E-state index in [9.17, 15) is 13.5 Å². The van der Waals surface area contributed by atoms with Crippen LogP contribution in [0.5, 0.6) is 0 Å². The number of benzene rings is 2. The van der Waals surface area contributed by atoms with Crippen molar-refractivity contribution in [2.24, 2.45) is 0 Å². The van der Waals surface area contributed by atoms with Crippen molar-refractivity contribution < 1.29 is 13.5 Å². The van der Waals surface area contributed by atoms with Crippen LogP contribution in [-0.4, -0.2) is 30.5 Å². The molecule has 0 aromatic heterocycles. The molecule has 2 aromatic carbocycles. The van der Waals surface area contributed by atoms with E-state index >= 15 is 0 Å². The number of hydrogen-bond acceptors (Lipinski definition) is 3. The summed E-state index contributed by atoms with van der Waals surface area (Å²) in [5, 5.41) is 10.4. The van der Waals surface area contributed by atoms with Crippen LogP contribution in [0.25, 0.3) is 0 Å². The summed E-state index contributed by atoms with van der Waals surface area (Å²) in [4.78, 5) is 0.273. The first-order valence-electron chi connectivity index (χ1n) is 7.73. The van der Waals surface area contributed by atoms with Crippen molar-refractivity contribution in [1.29, 1.82) is 0 Å². The van der Waals surface area contributed by atoms with E-state index in [0.717, 1.165) is 16.7 Å². The van der Waals surface area contributed by atoms with E-state index in [1.54, 1.807) is 24.3 Å². The summed E-state index contributed by atoms with van der Waals surface area (Å²) < 4.78 is 27.4. The van der Waals surface area contributed by atoms with Crippen molar-refractivity contribution >= 4 is 10.0 Å². The number of aliphatic hydroxyl groups excluding tert-OH is 1. The number of aryl methyl sites for hydroxylation is 2. The Labute approximate surface area is 137 Å². The molecule has 5 heteroatoms. The second kappa shape index (κ2) is 6.07. The predicted octanol–water partition coefficient (Wildman–Crippen LogP) is 2.80. The summed E-state index contributed by atoms with van der Waals surface area (Å²) in [5.74, 6) is 0. The molecule has 1 fully saturated rings. The number of nitrogens with zero attached hydrogens (tertiary/aromatic N) is 1. The first kappa shape index (κ1) is 16.2. The summed E-state index contributed by atoms with van der Waals surface area (Å²) in [5.41, 5.74) is 2.90. The fourth-order valence-corrected chi connectivity index (χ4v) is 4.76. The maximum Gasteiger partial charge on any atom is 0.243 e. The number of aliphatic hydroxyl groups is 1. The van der Waals surface area contributed by atoms with Crippen molar-refractivity contribution in [1.82, 2.24) is 4.31 Å². The van der Waals surface area contributed by atoms with Crippen LogP contribution < -0.4 is 0 Å². The van der Waals surface area contributed by atoms with E-state index in [1.807, 2.05) is 38.1 Å². The molecule has 1 heterocycles. The molecular formula is C18H21NO3S. The smallest absolute Gasteiger partial charge is 0.243 e. The molecule has 0 spiro atoms. The molecular weight excluding hydrogens is 310 g/mol. The minimum atomic E-state index is -3.63. The number of rotatable bonds is 3. The third-order valence-corrected chi connectivity index (χ3v) is 6.23. The first-order valence-corrected chi connectivity index (χ1v) is 9.17. The lowest BCUT2D eigenvalue weighted by Gasteiger charge is -2.26. The second-order valence-corrected chi connectivity index (χ2v) is 8.03. The molecule has 3 rings (SSSR count). The zero-order valence-corrected chi connectivity index (χ0v) is 14.1. The van der Waals surface area contributed by atoms with Crippen molar-refractivity contribution in [3.05, 3.63) is 65.2 Å². The minimum absolute atomic E-state index is 0.273. The Kier molecular flexibility index (Phi) is 4.27. The Balaban J connectivity index is 2.02. The van der Waals surface area contributed by atoms with E-state index in [4.69, 9.17) is 0 Å². The highest BCUT2D eigenvalue weighted by Crippen LogP contribution is 2.37. The molecule has 1 saturated heterocycles. The van der Waals surface area contributed by atoms with Gasteiger partial charge in [0.1, 0.15) is 0 Å². The van der Waals surface area contributed by atoms with Gasteiger partial charge in [-0.2, -0.15) is 4.31 Å². The van der Waals surface area contributed by atoms with Crippen LogP contribution in [0.2, 0.25) is 0 Å². The average molecular weight is 331 g/mol. The molecule has 0 bridgehead atoms. The fraction of sp³-hybridized carbons (Fsp3) is 0.333. The highest BCUT2D eigenvalue weighted by Gasteiger charge is 2.41. The van der Waals surface area contributed by atoms with Crippen LogP contribution in [-0.2, 0) is 10.0 Å². The largest absolute Gasteiger partial charge is 0.391 e. The van der Waals surface area contributed by atoms with Crippen molar-refractivity contribution in [3.8, 4) is 0 Å². The van der Waals surface area contributed by atoms with Crippen molar-refractivity contribution in [2.75, 3.05) is 6.54 Å². The van der Waals surface area contributed by atoms with E-state index in [0.29, 0.717) is 13.0 Å². The van der Waals surface area contributed by atoms with Gasteiger partial charge in [0.2, 0.25) is 10.0 Å². The van der Waals surface area contributed by atoms with Gasteiger partial charge in [-0.3, -0.25) is 0 Å². The summed E-state index contributed by atoms with van der Waals surface area (Å²) in [6.07, 6.45) is -0.235. The fourth-order valence-electron chi connectivity index (χ4n) is 3.11. The molecule has 0 aliphatic carbocycles. The van der Waals surface area contributed by atoms with Gasteiger partial charge in [0, 0.05) is 6.54 Å². The predicted molar refractivity (Wildman–Crippen MR) is 89.6 cm³/mol. The van der Waals surface area contributed by atoms with Crippen LogP contribution in [0.15, 0.2) is 53.4 Å². The quantitative estimate of drug-likeness (QED) is 0.941. The molecule has 0 saturated carbocycles. The lowest BCUT2D eigenvalue weighted by atomic mass is 10.0. The van der Waals surface area contributed by atoms with Gasteiger partial charge in [-0.05, 0) is 38.0 Å². The summed E-state index contributed by atoms with van der Waals surface area (Å²) in [7, 11) is -3.63. The monoisotopic (exact) mass is 331 g/mol. The number of sulfonamides is 1. The van der Waals surface area contributed by atoms with E-state index < -0.39 is 22.2 Å². The van der Waals surface area contributed by atoms with Gasteiger partial charge < -0.3 is 5.11 Å². The standard InChI is InChI=1S/C18H21NO3S/c1-13-6-8-16(9-7-13)23(21,22)19-11-10-17(20)18(19)15-5-3-4-14(2)12-15/h3-9,12,17-18,20H,10-11H2,1-2H3/t17-,18+/m0/s1. The van der Waals surface area contributed by atoms with E-state index in [-0.39, 0.29) is 4.90 Å². The van der Waals surface area contributed by atoms with Gasteiger partial charge in [0.15, 0.2) is 0 Å². The Morgan fingerprint density at radius 3 is 2.39 bits per heavy atom. The van der Waals surface area contributed by atoms with Crippen LogP contribution in [0.1, 0.15) is 29.2 Å². The number of hydrogen-bond donors (Lipinski definition) is 1. The molecule has 2 atom stereocenters. The third kappa shape index (κ3) is 3.04. The summed E-state index contributed by atoms with van der Waals surface area (Å²) in [6, 6.07) is 14.0. The summed E-state index contributed by atoms with van der Waals surface area (Å²) in [6.45, 7) is 4.21. The van der Waals surface area contributed by atoms with Gasteiger partial charge in [-0.1, -0.05) is 47.5 Å². The van der Waals surface area contributed by atoms with Gasteiger partial charge in [0.25, 0.3) is 0 Å². The van der Waals surface area contributed by atoms with Gasteiger partial charge >= 0.3 is 0 Å². The van der Waals surface area contributed by atoms with Gasteiger partial charge in [-0.15, -0.1) is 0 Å².